The first kappa shape index (κ1) is 95.3. The molecule has 10 aromatic rings. The fourth-order valence-corrected chi connectivity index (χ4v) is 17.2. The van der Waals surface area contributed by atoms with E-state index in [9.17, 15) is 63.7 Å². The van der Waals surface area contributed by atoms with Crippen molar-refractivity contribution in [2.75, 3.05) is 101 Å². The number of carboxylic acid groups (broad SMARTS) is 1. The van der Waals surface area contributed by atoms with Gasteiger partial charge in [-0.05, 0) is 117 Å². The number of carbonyl (C=O) groups excluding carboxylic acids is 7. The van der Waals surface area contributed by atoms with E-state index < -0.39 is 63.1 Å². The Hall–Kier alpha value is -14.8. The van der Waals surface area contributed by atoms with Crippen molar-refractivity contribution in [3.8, 4) is 46.0 Å². The number of nitrogens with zero attached hydrogens (tertiary/aromatic N) is 6. The Morgan fingerprint density at radius 3 is 1.23 bits per heavy atom. The molecule has 0 saturated carbocycles. The van der Waals surface area contributed by atoms with Crippen LogP contribution in [0.3, 0.4) is 0 Å². The highest BCUT2D eigenvalue weighted by Gasteiger charge is 2.42. The minimum atomic E-state index is -0.995. The van der Waals surface area contributed by atoms with Crippen LogP contribution in [0.25, 0.3) is 0 Å². The zero-order valence-electron chi connectivity index (χ0n) is 73.5. The van der Waals surface area contributed by atoms with Gasteiger partial charge >= 0.3 is 17.9 Å². The molecule has 8 heterocycles. The third-order valence-corrected chi connectivity index (χ3v) is 24.1. The molecule has 0 aliphatic carbocycles. The van der Waals surface area contributed by atoms with Crippen LogP contribution in [-0.2, 0) is 93.4 Å². The third-order valence-electron chi connectivity index (χ3n) is 24.1. The number of aromatic hydroxyl groups is 1. The van der Waals surface area contributed by atoms with Crippen molar-refractivity contribution in [2.24, 2.45) is 0 Å². The summed E-state index contributed by atoms with van der Waals surface area (Å²) in [4.78, 5) is 127. The molecule has 6 atom stereocenters. The number of nitrogens with one attached hydrogen (secondary N) is 4. The van der Waals surface area contributed by atoms with E-state index in [2.05, 4.69) is 63.7 Å². The number of phenolic OH excluding ortho intramolecular Hbond substituents is 1. The smallest absolute Gasteiger partial charge is 0.333 e. The summed E-state index contributed by atoms with van der Waals surface area (Å²) in [5.41, 5.74) is 14.7. The molecule has 684 valence electrons. The van der Waals surface area contributed by atoms with Crippen molar-refractivity contribution in [1.29, 1.82) is 0 Å². The number of aldehydes is 1. The topological polar surface area (TPSA) is 407 Å². The van der Waals surface area contributed by atoms with Gasteiger partial charge < -0.3 is 98.5 Å². The molecule has 0 unspecified atom stereocenters. The average Bonchev–Trinajstić information content (AvgIpc) is 1.76. The molecule has 4 amide bonds. The highest BCUT2D eigenvalue weighted by Crippen LogP contribution is 2.43. The number of anilines is 2. The fraction of sp³-hybridized carbons (Fsp3) is 0.299. The summed E-state index contributed by atoms with van der Waals surface area (Å²) in [5.74, 6) is -0.620. The van der Waals surface area contributed by atoms with Crippen LogP contribution in [0.2, 0.25) is 0 Å². The summed E-state index contributed by atoms with van der Waals surface area (Å²) in [6, 6.07) is 56.8. The summed E-state index contributed by atoms with van der Waals surface area (Å²) < 4.78 is 46.0. The molecule has 6 N–H and O–H groups in total. The van der Waals surface area contributed by atoms with Crippen LogP contribution in [-0.4, -0.2) is 202 Å². The molecule has 33 nitrogen and oxygen atoms in total. The number of hydrogen-bond acceptors (Lipinski definition) is 26. The van der Waals surface area contributed by atoms with Crippen LogP contribution in [0.5, 0.6) is 46.0 Å². The lowest BCUT2D eigenvalue weighted by Gasteiger charge is -2.35. The van der Waals surface area contributed by atoms with Gasteiger partial charge in [0.2, 0.25) is 0 Å². The molecule has 18 rings (SSSR count). The summed E-state index contributed by atoms with van der Waals surface area (Å²) >= 11 is 0. The molecule has 131 heavy (non-hydrogen) atoms. The lowest BCUT2D eigenvalue weighted by molar-refractivity contribution is -0.385. The Morgan fingerprint density at radius 1 is 0.427 bits per heavy atom. The van der Waals surface area contributed by atoms with E-state index in [-0.39, 0.29) is 101 Å². The van der Waals surface area contributed by atoms with E-state index >= 15 is 0 Å². The van der Waals surface area contributed by atoms with Gasteiger partial charge in [0.05, 0.1) is 121 Å². The first-order valence-electron chi connectivity index (χ1n) is 41.8. The maximum atomic E-state index is 13.4. The van der Waals surface area contributed by atoms with E-state index in [0.717, 1.165) is 72.4 Å². The maximum Gasteiger partial charge on any atom is 0.333 e. The maximum absolute atomic E-state index is 13.4. The van der Waals surface area contributed by atoms with Crippen molar-refractivity contribution >= 4 is 83.0 Å². The zero-order valence-corrected chi connectivity index (χ0v) is 74.3. The highest BCUT2D eigenvalue weighted by molar-refractivity contribution is 6.04. The molecule has 0 saturated heterocycles. The van der Waals surface area contributed by atoms with Crippen molar-refractivity contribution in [3.05, 3.63) is 303 Å². The number of nitro groups is 2. The van der Waals surface area contributed by atoms with Crippen LogP contribution in [0, 0.1) is 20.2 Å². The number of methoxy groups -OCH3 is 9. The molecule has 0 aromatic heterocycles. The standard InChI is InChI=1S/C20H20N2O7.C19H18N2O6.C19H20N2O3.C18H18N2O3.C11H13NO2.C10H11NO2.ClH/c1-27-16-10-14(15(22(25)26)11-17(16)28-2)19(23)21-9-8-12-6-4-5-7-13(12)18(21)20(24)29-3;1-26-17-9-14(15(21(24)25)10-18(17)27-2)19(23)20-8-7-12-5-3-4-6-13(12)16(20)11-22;1-23-17-8-15-16(9-18(17)24-2)20-10-14-7-12-5-3-4-6-13(12)11-21(14)19(15)22;1-23-17-7-14-15(8-16(17)21)19-9-13-6-11-4-2-3-5-12(11)10-20(13)18(14)22;1-14-11(13)10-6-8-4-2-3-5-9(8)7-12-10;12-10(13)9-5-7-3-1-2-4-8(7)6-11-9;/h4-7,10-11,18H,8-9H2,1-3H3;3-6,9-11,16H,7-8H2,1-2H3;3-6,8-9,14,20H,7,10-11H2,1-2H3;2-5,7-8,13,19,21H,6,9-10H2,1H3;2-5,10,12H,6-7H2,1H3;1-4,9,11H,5-6H2,(H,12,13);1H/t18-;16-;14-;13-;10-;9-;/m010000./s1. The average molecular weight is 1810 g/mol. The molecule has 0 bridgehead atoms. The molecule has 8 aliphatic heterocycles. The first-order chi connectivity index (χ1) is 62.9. The Labute approximate surface area is 761 Å². The summed E-state index contributed by atoms with van der Waals surface area (Å²) in [6.45, 7) is 4.55. The van der Waals surface area contributed by atoms with Crippen molar-refractivity contribution in [2.45, 2.75) is 101 Å². The minimum Gasteiger partial charge on any atom is -0.504 e. The quantitative estimate of drug-likeness (QED) is 0.0240. The number of nitro benzene ring substituents is 2. The Morgan fingerprint density at radius 2 is 0.786 bits per heavy atom. The second-order valence-corrected chi connectivity index (χ2v) is 31.2. The van der Waals surface area contributed by atoms with Gasteiger partial charge in [0.1, 0.15) is 35.5 Å². The van der Waals surface area contributed by atoms with Gasteiger partial charge in [-0.3, -0.25) is 49.0 Å². The van der Waals surface area contributed by atoms with Crippen LogP contribution >= 0.6 is 12.4 Å². The van der Waals surface area contributed by atoms with Crippen LogP contribution in [0.1, 0.15) is 120 Å². The van der Waals surface area contributed by atoms with Gasteiger partial charge in [0.15, 0.2) is 52.0 Å². The van der Waals surface area contributed by atoms with Crippen LogP contribution in [0.4, 0.5) is 22.7 Å². The molecular formula is C97H101ClN10O23. The molecule has 0 fully saturated rings. The Balaban J connectivity index is 0.000000144. The fourth-order valence-electron chi connectivity index (χ4n) is 17.2. The van der Waals surface area contributed by atoms with Crippen molar-refractivity contribution in [3.63, 3.8) is 0 Å². The van der Waals surface area contributed by atoms with E-state index in [0.29, 0.717) is 91.4 Å². The van der Waals surface area contributed by atoms with Gasteiger partial charge in [0, 0.05) is 76.6 Å². The van der Waals surface area contributed by atoms with Gasteiger partial charge in [-0.25, -0.2) is 4.79 Å². The predicted molar refractivity (Wildman–Crippen MR) is 486 cm³/mol. The monoisotopic (exact) mass is 1810 g/mol. The summed E-state index contributed by atoms with van der Waals surface area (Å²) in [7, 11) is 12.8. The number of esters is 2. The number of aliphatic carboxylic acids is 1. The highest BCUT2D eigenvalue weighted by atomic mass is 35.5. The molecule has 0 radical (unpaired) electrons. The molecule has 10 aromatic carbocycles. The molecule has 34 heteroatoms. The summed E-state index contributed by atoms with van der Waals surface area (Å²) in [5, 5.41) is 54.7. The molecule has 8 aliphatic rings. The second-order valence-electron chi connectivity index (χ2n) is 31.2. The first-order valence-corrected chi connectivity index (χ1v) is 41.8. The number of halogens is 1. The van der Waals surface area contributed by atoms with Gasteiger partial charge in [-0.15, -0.1) is 12.4 Å². The van der Waals surface area contributed by atoms with E-state index in [1.807, 2.05) is 94.7 Å². The number of carbonyl (C=O) groups is 8. The van der Waals surface area contributed by atoms with E-state index in [4.69, 9.17) is 47.7 Å². The SMILES string of the molecule is COC(=O)[C@@H]1Cc2ccccc2CN1.COC(=O)[C@@H]1c2ccccc2CCN1C(=O)c1cc(OC)c(OC)cc1[N+](=O)[O-].COc1cc(C(=O)N2CCc3ccccc3[C@H]2C=O)c([N+](=O)[O-])cc1OC.COc1cc2c(cc1O)NC[C@@H]1Cc3ccccc3CN1C2=O.COc1cc2c(cc1OC)C(=O)N1Cc3ccccc3C[C@H]1CN2.Cl.O=C(O)[C@@H]1Cc2ccccc2CN1. The van der Waals surface area contributed by atoms with E-state index in [1.165, 1.54) is 111 Å². The zero-order chi connectivity index (χ0) is 92.6. The number of rotatable bonds is 15. The number of ether oxygens (including phenoxy) is 9. The number of carboxylic acids is 1. The largest absolute Gasteiger partial charge is 0.504 e. The van der Waals surface area contributed by atoms with E-state index in [1.54, 1.807) is 56.7 Å². The lowest BCUT2D eigenvalue weighted by Crippen LogP contribution is -2.45. The van der Waals surface area contributed by atoms with Crippen molar-refractivity contribution in [1.82, 2.24) is 30.2 Å². The Bertz CT molecular complexity index is 5960. The molecular weight excluding hydrogens is 1710 g/mol. The van der Waals surface area contributed by atoms with Crippen molar-refractivity contribution < 1.29 is 101 Å². The normalized spacial score (nSPS) is 17.6. The summed E-state index contributed by atoms with van der Waals surface area (Å²) in [6.07, 6.45) is 4.78. The van der Waals surface area contributed by atoms with Crippen LogP contribution in [0.15, 0.2) is 194 Å². The van der Waals surface area contributed by atoms with Gasteiger partial charge in [-0.2, -0.15) is 0 Å². The lowest BCUT2D eigenvalue weighted by atomic mass is 9.91. The number of fused-ring (bicyclic) bond motifs is 10. The number of phenols is 1. The second kappa shape index (κ2) is 43.3. The number of benzene rings is 10. The van der Waals surface area contributed by atoms with Crippen LogP contribution < -0.4 is 54.4 Å². The predicted octanol–water partition coefficient (Wildman–Crippen LogP) is 12.2. The number of amides is 4. The minimum absolute atomic E-state index is 0. The number of hydrogen-bond donors (Lipinski definition) is 6. The molecule has 0 spiro atoms. The van der Waals surface area contributed by atoms with Gasteiger partial charge in [-0.1, -0.05) is 146 Å². The van der Waals surface area contributed by atoms with Gasteiger partial charge in [0.25, 0.3) is 35.0 Å². The Kier molecular flexibility index (Phi) is 31.5. The third kappa shape index (κ3) is 21.0.